The minimum absolute atomic E-state index is 0.300. The summed E-state index contributed by atoms with van der Waals surface area (Å²) in [6, 6.07) is 13.7. The Labute approximate surface area is 116 Å². The van der Waals surface area contributed by atoms with E-state index in [1.54, 1.807) is 30.3 Å². The van der Waals surface area contributed by atoms with Gasteiger partial charge in [-0.1, -0.05) is 24.3 Å². The number of carbonyl (C=O) groups excluding carboxylic acids is 1. The molecule has 0 saturated carbocycles. The van der Waals surface area contributed by atoms with Gasteiger partial charge < -0.3 is 4.74 Å². The lowest BCUT2D eigenvalue weighted by molar-refractivity contribution is -0.120. The molecule has 0 radical (unpaired) electrons. The number of halogens is 1. The summed E-state index contributed by atoms with van der Waals surface area (Å²) in [5.74, 6) is 0.126. The van der Waals surface area contributed by atoms with E-state index in [-0.39, 0.29) is 5.82 Å². The van der Waals surface area contributed by atoms with Crippen LogP contribution in [0.4, 0.5) is 4.39 Å². The molecule has 3 nitrogen and oxygen atoms in total. The number of benzene rings is 2. The molecule has 0 atom stereocenters. The zero-order chi connectivity index (χ0) is 14.4. The zero-order valence-corrected chi connectivity index (χ0v) is 10.7. The van der Waals surface area contributed by atoms with Crippen LogP contribution < -0.4 is 4.74 Å². The van der Waals surface area contributed by atoms with Gasteiger partial charge in [0.2, 0.25) is 0 Å². The van der Waals surface area contributed by atoms with Crippen LogP contribution in [0.25, 0.3) is 11.1 Å². The van der Waals surface area contributed by atoms with Crippen molar-refractivity contribution < 1.29 is 13.9 Å². The van der Waals surface area contributed by atoms with E-state index in [9.17, 15) is 9.18 Å². The van der Waals surface area contributed by atoms with E-state index < -0.39 is 0 Å². The van der Waals surface area contributed by atoms with E-state index in [2.05, 4.69) is 0 Å². The van der Waals surface area contributed by atoms with Crippen molar-refractivity contribution in [1.82, 2.24) is 0 Å². The molecule has 0 amide bonds. The molecule has 0 saturated heterocycles. The molecule has 0 fully saturated rings. The molecule has 0 spiro atoms. The lowest BCUT2D eigenvalue weighted by Gasteiger charge is -2.06. The second kappa shape index (κ2) is 6.48. The molecule has 0 aliphatic heterocycles. The molecule has 0 heterocycles. The van der Waals surface area contributed by atoms with Gasteiger partial charge >= 0.3 is 0 Å². The first-order valence-corrected chi connectivity index (χ1v) is 6.10. The molecular weight excluding hydrogens is 257 g/mol. The van der Waals surface area contributed by atoms with Crippen molar-refractivity contribution >= 4 is 6.47 Å². The van der Waals surface area contributed by atoms with E-state index in [1.807, 2.05) is 12.1 Å². The molecular formula is C16H12FNO2. The van der Waals surface area contributed by atoms with E-state index in [0.717, 1.165) is 11.1 Å². The molecule has 2 rings (SSSR count). The number of hydrogen-bond acceptors (Lipinski definition) is 3. The van der Waals surface area contributed by atoms with Gasteiger partial charge in [-0.15, -0.1) is 0 Å². The molecule has 0 bridgehead atoms. The number of nitriles is 1. The molecule has 20 heavy (non-hydrogen) atoms. The summed E-state index contributed by atoms with van der Waals surface area (Å²) in [5.41, 5.74) is 2.10. The lowest BCUT2D eigenvalue weighted by Crippen LogP contribution is -1.91. The lowest BCUT2D eigenvalue weighted by atomic mass is 10.0. The highest BCUT2D eigenvalue weighted by Gasteiger charge is 2.05. The normalized spacial score (nSPS) is 9.80. The van der Waals surface area contributed by atoms with Crippen molar-refractivity contribution in [2.75, 3.05) is 0 Å². The van der Waals surface area contributed by atoms with Gasteiger partial charge in [0.15, 0.2) is 0 Å². The van der Waals surface area contributed by atoms with Crippen molar-refractivity contribution in [2.24, 2.45) is 0 Å². The Balaban J connectivity index is 2.22. The smallest absolute Gasteiger partial charge is 0.298 e. The summed E-state index contributed by atoms with van der Waals surface area (Å²) in [4.78, 5) is 10.2. The molecule has 2 aromatic carbocycles. The monoisotopic (exact) mass is 269 g/mol. The summed E-state index contributed by atoms with van der Waals surface area (Å²) < 4.78 is 18.6. The molecule has 0 unspecified atom stereocenters. The maximum atomic E-state index is 13.9. The SMILES string of the molecule is N#CCCc1ccc(-c2ccc(OC=O)cc2)cc1F. The molecule has 0 aliphatic carbocycles. The molecule has 0 aliphatic rings. The summed E-state index contributed by atoms with van der Waals surface area (Å²) in [6.45, 7) is 0.360. The number of aryl methyl sites for hydroxylation is 1. The number of hydrogen-bond donors (Lipinski definition) is 0. The van der Waals surface area contributed by atoms with Crippen molar-refractivity contribution in [2.45, 2.75) is 12.8 Å². The predicted molar refractivity (Wildman–Crippen MR) is 72.5 cm³/mol. The van der Waals surface area contributed by atoms with Gasteiger partial charge in [-0.25, -0.2) is 4.39 Å². The largest absolute Gasteiger partial charge is 0.429 e. The number of ether oxygens (including phenoxy) is 1. The van der Waals surface area contributed by atoms with Gasteiger partial charge in [-0.2, -0.15) is 5.26 Å². The third-order valence-corrected chi connectivity index (χ3v) is 2.93. The Morgan fingerprint density at radius 1 is 1.15 bits per heavy atom. The average molecular weight is 269 g/mol. The Kier molecular flexibility index (Phi) is 4.46. The second-order valence-electron chi connectivity index (χ2n) is 4.20. The highest BCUT2D eigenvalue weighted by molar-refractivity contribution is 5.65. The molecule has 0 N–H and O–H groups in total. The Bertz CT molecular complexity index is 645. The topological polar surface area (TPSA) is 50.1 Å². The molecule has 2 aromatic rings. The van der Waals surface area contributed by atoms with Crippen LogP contribution in [0.5, 0.6) is 5.75 Å². The van der Waals surface area contributed by atoms with Crippen molar-refractivity contribution in [1.29, 1.82) is 5.26 Å². The summed E-state index contributed by atoms with van der Waals surface area (Å²) >= 11 is 0. The minimum atomic E-state index is -0.314. The van der Waals surface area contributed by atoms with Crippen molar-refractivity contribution in [3.8, 4) is 22.9 Å². The van der Waals surface area contributed by atoms with Gasteiger partial charge in [0, 0.05) is 6.42 Å². The third kappa shape index (κ3) is 3.21. The predicted octanol–water partition coefficient (Wildman–Crippen LogP) is 3.48. The maximum Gasteiger partial charge on any atom is 0.298 e. The standard InChI is InChI=1S/C16H12FNO2/c17-16-10-14(4-3-13(16)2-1-9-18)12-5-7-15(8-6-12)20-11-19/h3-8,10-11H,1-2H2. The number of carbonyl (C=O) groups is 1. The second-order valence-corrected chi connectivity index (χ2v) is 4.20. The van der Waals surface area contributed by atoms with Crippen molar-refractivity contribution in [3.63, 3.8) is 0 Å². The number of nitrogens with zero attached hydrogens (tertiary/aromatic N) is 1. The van der Waals surface area contributed by atoms with Gasteiger partial charge in [0.25, 0.3) is 6.47 Å². The van der Waals surface area contributed by atoms with Crippen LogP contribution >= 0.6 is 0 Å². The summed E-state index contributed by atoms with van der Waals surface area (Å²) in [7, 11) is 0. The van der Waals surface area contributed by atoms with Gasteiger partial charge in [0.1, 0.15) is 11.6 Å². The third-order valence-electron chi connectivity index (χ3n) is 2.93. The van der Waals surface area contributed by atoms with Gasteiger partial charge in [-0.05, 0) is 41.3 Å². The Hall–Kier alpha value is -2.67. The van der Waals surface area contributed by atoms with Crippen LogP contribution in [0.2, 0.25) is 0 Å². The first-order valence-electron chi connectivity index (χ1n) is 6.10. The fraction of sp³-hybridized carbons (Fsp3) is 0.125. The maximum absolute atomic E-state index is 13.9. The molecule has 0 aromatic heterocycles. The van der Waals surface area contributed by atoms with Crippen molar-refractivity contribution in [3.05, 3.63) is 53.8 Å². The minimum Gasteiger partial charge on any atom is -0.429 e. The van der Waals surface area contributed by atoms with Crippen LogP contribution in [0.15, 0.2) is 42.5 Å². The zero-order valence-electron chi connectivity index (χ0n) is 10.7. The van der Waals surface area contributed by atoms with E-state index in [4.69, 9.17) is 10.00 Å². The first kappa shape index (κ1) is 13.8. The fourth-order valence-corrected chi connectivity index (χ4v) is 1.90. The van der Waals surface area contributed by atoms with Crippen LogP contribution in [-0.4, -0.2) is 6.47 Å². The Morgan fingerprint density at radius 3 is 2.45 bits per heavy atom. The van der Waals surface area contributed by atoms with Crippen LogP contribution in [0.1, 0.15) is 12.0 Å². The van der Waals surface area contributed by atoms with E-state index in [0.29, 0.717) is 30.6 Å². The van der Waals surface area contributed by atoms with Crippen LogP contribution in [0, 0.1) is 17.1 Å². The number of rotatable bonds is 5. The van der Waals surface area contributed by atoms with Gasteiger partial charge in [-0.3, -0.25) is 4.79 Å². The highest BCUT2D eigenvalue weighted by Crippen LogP contribution is 2.24. The van der Waals surface area contributed by atoms with Crippen LogP contribution in [0.3, 0.4) is 0 Å². The molecule has 100 valence electrons. The average Bonchev–Trinajstić information content (AvgIpc) is 2.47. The van der Waals surface area contributed by atoms with Crippen LogP contribution in [-0.2, 0) is 11.2 Å². The Morgan fingerprint density at radius 2 is 1.85 bits per heavy atom. The molecule has 4 heteroatoms. The highest BCUT2D eigenvalue weighted by atomic mass is 19.1. The fourth-order valence-electron chi connectivity index (χ4n) is 1.90. The first-order chi connectivity index (χ1) is 9.74. The van der Waals surface area contributed by atoms with E-state index in [1.165, 1.54) is 6.07 Å². The quantitative estimate of drug-likeness (QED) is 0.781. The van der Waals surface area contributed by atoms with Gasteiger partial charge in [0.05, 0.1) is 6.07 Å². The summed E-state index contributed by atoms with van der Waals surface area (Å²) in [5, 5.41) is 8.51. The summed E-state index contributed by atoms with van der Waals surface area (Å²) in [6.07, 6.45) is 0.711. The van der Waals surface area contributed by atoms with E-state index >= 15 is 0 Å².